The fraction of sp³-hybridized carbons (Fsp3) is 0.381. The summed E-state index contributed by atoms with van der Waals surface area (Å²) in [4.78, 5) is 16.1. The summed E-state index contributed by atoms with van der Waals surface area (Å²) in [7, 11) is 0. The van der Waals surface area contributed by atoms with E-state index in [0.717, 1.165) is 11.1 Å². The third-order valence-electron chi connectivity index (χ3n) is 3.79. The molecule has 0 fully saturated rings. The number of nitro groups is 1. The minimum absolute atomic E-state index is 0.0490. The Bertz CT molecular complexity index is 793. The lowest BCUT2D eigenvalue weighted by atomic mass is 9.86. The van der Waals surface area contributed by atoms with Gasteiger partial charge in [-0.3, -0.25) is 10.1 Å². The highest BCUT2D eigenvalue weighted by Gasteiger charge is 2.17. The van der Waals surface area contributed by atoms with E-state index in [9.17, 15) is 10.1 Å². The SMILES string of the molecule is CC(C)(C)O/N=C(/c1ccc([N+](=O)[O-])cc1)c1ccc(C(C)(C)C)cc1. The molecule has 0 aliphatic carbocycles. The summed E-state index contributed by atoms with van der Waals surface area (Å²) in [6.07, 6.45) is 0. The minimum Gasteiger partial charge on any atom is -0.390 e. The number of hydrogen-bond donors (Lipinski definition) is 0. The molecule has 0 unspecified atom stereocenters. The van der Waals surface area contributed by atoms with Crippen LogP contribution < -0.4 is 0 Å². The first-order chi connectivity index (χ1) is 12.0. The lowest BCUT2D eigenvalue weighted by Crippen LogP contribution is -2.18. The van der Waals surface area contributed by atoms with Crippen LogP contribution in [-0.4, -0.2) is 16.2 Å². The molecule has 138 valence electrons. The van der Waals surface area contributed by atoms with Gasteiger partial charge in [-0.1, -0.05) is 50.2 Å². The first-order valence-electron chi connectivity index (χ1n) is 8.59. The molecule has 5 heteroatoms. The van der Waals surface area contributed by atoms with Crippen LogP contribution in [-0.2, 0) is 10.3 Å². The molecular weight excluding hydrogens is 328 g/mol. The van der Waals surface area contributed by atoms with Gasteiger partial charge in [0, 0.05) is 23.3 Å². The second-order valence-electron chi connectivity index (χ2n) is 8.27. The second kappa shape index (κ2) is 7.28. The smallest absolute Gasteiger partial charge is 0.269 e. The molecule has 0 amide bonds. The molecule has 0 aliphatic heterocycles. The molecule has 2 aromatic carbocycles. The molecular formula is C21H26N2O3. The quantitative estimate of drug-likeness (QED) is 0.416. The molecule has 0 saturated carbocycles. The number of nitro benzene ring substituents is 1. The lowest BCUT2D eigenvalue weighted by molar-refractivity contribution is -0.384. The molecule has 0 saturated heterocycles. The van der Waals surface area contributed by atoms with E-state index < -0.39 is 10.5 Å². The van der Waals surface area contributed by atoms with E-state index in [-0.39, 0.29) is 11.1 Å². The van der Waals surface area contributed by atoms with Gasteiger partial charge in [0.25, 0.3) is 5.69 Å². The summed E-state index contributed by atoms with van der Waals surface area (Å²) in [6, 6.07) is 14.5. The second-order valence-corrected chi connectivity index (χ2v) is 8.27. The third-order valence-corrected chi connectivity index (χ3v) is 3.79. The van der Waals surface area contributed by atoms with Gasteiger partial charge in [-0.15, -0.1) is 0 Å². The van der Waals surface area contributed by atoms with Crippen LogP contribution in [0, 0.1) is 10.1 Å². The molecule has 2 aromatic rings. The normalized spacial score (nSPS) is 12.8. The van der Waals surface area contributed by atoms with Crippen molar-refractivity contribution in [2.24, 2.45) is 5.16 Å². The molecule has 0 aliphatic rings. The maximum Gasteiger partial charge on any atom is 0.269 e. The molecule has 0 heterocycles. The van der Waals surface area contributed by atoms with Crippen molar-refractivity contribution in [2.45, 2.75) is 52.6 Å². The number of non-ortho nitro benzene ring substituents is 1. The number of rotatable bonds is 4. The van der Waals surface area contributed by atoms with Gasteiger partial charge in [-0.05, 0) is 43.9 Å². The average molecular weight is 354 g/mol. The van der Waals surface area contributed by atoms with Crippen molar-refractivity contribution >= 4 is 11.4 Å². The standard InChI is InChI=1S/C21H26N2O3/c1-20(2,3)17-11-7-15(8-12-17)19(22-26-21(4,5)6)16-9-13-18(14-10-16)23(24)25/h7-14H,1-6H3/b22-19+. The van der Waals surface area contributed by atoms with Crippen LogP contribution in [0.4, 0.5) is 5.69 Å². The van der Waals surface area contributed by atoms with Crippen LogP contribution in [0.1, 0.15) is 58.2 Å². The molecule has 2 rings (SSSR count). The molecule has 0 N–H and O–H groups in total. The summed E-state index contributed by atoms with van der Waals surface area (Å²) in [6.45, 7) is 12.3. The van der Waals surface area contributed by atoms with Gasteiger partial charge >= 0.3 is 0 Å². The fourth-order valence-electron chi connectivity index (χ4n) is 2.32. The Morgan fingerprint density at radius 1 is 0.885 bits per heavy atom. The molecule has 26 heavy (non-hydrogen) atoms. The molecule has 0 atom stereocenters. The summed E-state index contributed by atoms with van der Waals surface area (Å²) >= 11 is 0. The Morgan fingerprint density at radius 3 is 1.73 bits per heavy atom. The molecule has 0 spiro atoms. The fourth-order valence-corrected chi connectivity index (χ4v) is 2.32. The van der Waals surface area contributed by atoms with Crippen molar-refractivity contribution in [1.82, 2.24) is 0 Å². The molecule has 0 radical (unpaired) electrons. The zero-order valence-electron chi connectivity index (χ0n) is 16.2. The van der Waals surface area contributed by atoms with E-state index in [1.807, 2.05) is 32.9 Å². The van der Waals surface area contributed by atoms with Crippen LogP contribution in [0.2, 0.25) is 0 Å². The van der Waals surface area contributed by atoms with Gasteiger partial charge in [0.15, 0.2) is 0 Å². The summed E-state index contributed by atoms with van der Waals surface area (Å²) in [5.74, 6) is 0. The largest absolute Gasteiger partial charge is 0.390 e. The Kier molecular flexibility index (Phi) is 5.50. The van der Waals surface area contributed by atoms with Gasteiger partial charge in [-0.2, -0.15) is 0 Å². The van der Waals surface area contributed by atoms with Crippen molar-refractivity contribution < 1.29 is 9.76 Å². The van der Waals surface area contributed by atoms with E-state index in [1.54, 1.807) is 12.1 Å². The molecule has 0 bridgehead atoms. The predicted octanol–water partition coefficient (Wildman–Crippen LogP) is 5.46. The highest BCUT2D eigenvalue weighted by Crippen LogP contribution is 2.24. The van der Waals surface area contributed by atoms with Gasteiger partial charge in [0.05, 0.1) is 4.92 Å². The maximum absolute atomic E-state index is 10.9. The van der Waals surface area contributed by atoms with E-state index in [0.29, 0.717) is 5.71 Å². The highest BCUT2D eigenvalue weighted by molar-refractivity contribution is 6.12. The zero-order chi connectivity index (χ0) is 19.5. The van der Waals surface area contributed by atoms with Crippen LogP contribution >= 0.6 is 0 Å². The van der Waals surface area contributed by atoms with Crippen LogP contribution in [0.5, 0.6) is 0 Å². The van der Waals surface area contributed by atoms with E-state index in [1.165, 1.54) is 17.7 Å². The third kappa shape index (κ3) is 5.15. The Morgan fingerprint density at radius 2 is 1.35 bits per heavy atom. The van der Waals surface area contributed by atoms with Crippen molar-refractivity contribution in [3.63, 3.8) is 0 Å². The van der Waals surface area contributed by atoms with E-state index >= 15 is 0 Å². The Balaban J connectivity index is 2.46. The summed E-state index contributed by atoms with van der Waals surface area (Å²) in [5, 5.41) is 15.2. The topological polar surface area (TPSA) is 64.7 Å². The van der Waals surface area contributed by atoms with Crippen LogP contribution in [0.15, 0.2) is 53.7 Å². The molecule has 5 nitrogen and oxygen atoms in total. The first kappa shape index (κ1) is 19.6. The molecule has 0 aromatic heterocycles. The van der Waals surface area contributed by atoms with Crippen LogP contribution in [0.3, 0.4) is 0 Å². The minimum atomic E-state index is -0.433. The highest BCUT2D eigenvalue weighted by atomic mass is 16.6. The Labute approximate surface area is 154 Å². The lowest BCUT2D eigenvalue weighted by Gasteiger charge is -2.20. The number of benzene rings is 2. The van der Waals surface area contributed by atoms with E-state index in [4.69, 9.17) is 4.84 Å². The van der Waals surface area contributed by atoms with Gasteiger partial charge in [0.2, 0.25) is 0 Å². The number of nitrogens with zero attached hydrogens (tertiary/aromatic N) is 2. The zero-order valence-corrected chi connectivity index (χ0v) is 16.2. The van der Waals surface area contributed by atoms with Crippen LogP contribution in [0.25, 0.3) is 0 Å². The average Bonchev–Trinajstić information content (AvgIpc) is 2.54. The Hall–Kier alpha value is -2.69. The first-order valence-corrected chi connectivity index (χ1v) is 8.59. The van der Waals surface area contributed by atoms with Crippen molar-refractivity contribution in [3.05, 3.63) is 75.3 Å². The van der Waals surface area contributed by atoms with Crippen molar-refractivity contribution in [3.8, 4) is 0 Å². The number of hydrogen-bond acceptors (Lipinski definition) is 4. The monoisotopic (exact) mass is 354 g/mol. The van der Waals surface area contributed by atoms with Crippen molar-refractivity contribution in [2.75, 3.05) is 0 Å². The van der Waals surface area contributed by atoms with E-state index in [2.05, 4.69) is 38.1 Å². The predicted molar refractivity (Wildman–Crippen MR) is 105 cm³/mol. The number of oxime groups is 1. The summed E-state index contributed by atoms with van der Waals surface area (Å²) in [5.41, 5.74) is 3.21. The van der Waals surface area contributed by atoms with Gasteiger partial charge in [0.1, 0.15) is 11.3 Å². The van der Waals surface area contributed by atoms with Crippen molar-refractivity contribution in [1.29, 1.82) is 0 Å². The van der Waals surface area contributed by atoms with Gasteiger partial charge in [-0.25, -0.2) is 0 Å². The summed E-state index contributed by atoms with van der Waals surface area (Å²) < 4.78 is 0. The maximum atomic E-state index is 10.9. The van der Waals surface area contributed by atoms with Gasteiger partial charge < -0.3 is 4.84 Å².